The van der Waals surface area contributed by atoms with Crippen LogP contribution < -0.4 is 0 Å². The Hall–Kier alpha value is -1.14. The van der Waals surface area contributed by atoms with Crippen LogP contribution in [0, 0.1) is 5.92 Å². The minimum Gasteiger partial charge on any atom is -0.469 e. The van der Waals surface area contributed by atoms with Crippen LogP contribution in [0.2, 0.25) is 0 Å². The maximum Gasteiger partial charge on any atom is 0.309 e. The first-order chi connectivity index (χ1) is 10.7. The first-order valence-electron chi connectivity index (χ1n) is 8.43. The van der Waals surface area contributed by atoms with E-state index in [0.29, 0.717) is 26.3 Å². The smallest absolute Gasteiger partial charge is 0.309 e. The molecule has 0 fully saturated rings. The first kappa shape index (κ1) is 21.9. The Morgan fingerprint density at radius 2 is 1.61 bits per heavy atom. The third-order valence-electron chi connectivity index (χ3n) is 3.65. The molecular formula is C17H34N2O4. The van der Waals surface area contributed by atoms with Gasteiger partial charge in [0.1, 0.15) is 0 Å². The number of amides is 1. The van der Waals surface area contributed by atoms with E-state index in [2.05, 4.69) is 0 Å². The lowest BCUT2D eigenvalue weighted by atomic mass is 10.1. The summed E-state index contributed by atoms with van der Waals surface area (Å²) in [7, 11) is 1.38. The van der Waals surface area contributed by atoms with Gasteiger partial charge in [0, 0.05) is 31.8 Å². The fourth-order valence-corrected chi connectivity index (χ4v) is 2.68. The minimum absolute atomic E-state index is 0.0727. The highest BCUT2D eigenvalue weighted by Gasteiger charge is 2.24. The Bertz CT molecular complexity index is 351. The van der Waals surface area contributed by atoms with Gasteiger partial charge in [-0.05, 0) is 34.6 Å². The summed E-state index contributed by atoms with van der Waals surface area (Å²) in [6.45, 7) is 14.4. The van der Waals surface area contributed by atoms with Crippen LogP contribution in [0.1, 0.15) is 41.5 Å². The van der Waals surface area contributed by atoms with Crippen LogP contribution in [0.5, 0.6) is 0 Å². The summed E-state index contributed by atoms with van der Waals surface area (Å²) < 4.78 is 10.2. The van der Waals surface area contributed by atoms with Crippen LogP contribution in [-0.2, 0) is 19.1 Å². The van der Waals surface area contributed by atoms with Crippen LogP contribution >= 0.6 is 0 Å². The summed E-state index contributed by atoms with van der Waals surface area (Å²) in [6.07, 6.45) is 0. The Kier molecular flexibility index (Phi) is 10.8. The molecule has 0 aromatic rings. The van der Waals surface area contributed by atoms with Crippen LogP contribution in [0.15, 0.2) is 0 Å². The monoisotopic (exact) mass is 330 g/mol. The molecule has 0 radical (unpaired) electrons. The van der Waals surface area contributed by atoms with Crippen molar-refractivity contribution in [2.75, 3.05) is 40.0 Å². The van der Waals surface area contributed by atoms with Crippen molar-refractivity contribution in [1.29, 1.82) is 0 Å². The zero-order valence-electron chi connectivity index (χ0n) is 15.8. The molecule has 0 spiro atoms. The van der Waals surface area contributed by atoms with E-state index in [4.69, 9.17) is 9.47 Å². The molecule has 0 N–H and O–H groups in total. The number of rotatable bonds is 11. The third kappa shape index (κ3) is 8.32. The number of nitrogens with zero attached hydrogens (tertiary/aromatic N) is 2. The maximum atomic E-state index is 12.6. The summed E-state index contributed by atoms with van der Waals surface area (Å²) >= 11 is 0. The molecule has 1 amide bonds. The van der Waals surface area contributed by atoms with Gasteiger partial charge < -0.3 is 14.4 Å². The average molecular weight is 330 g/mol. The molecule has 0 unspecified atom stereocenters. The van der Waals surface area contributed by atoms with E-state index in [-0.39, 0.29) is 36.4 Å². The van der Waals surface area contributed by atoms with E-state index in [1.165, 1.54) is 7.11 Å². The Morgan fingerprint density at radius 1 is 1.04 bits per heavy atom. The van der Waals surface area contributed by atoms with Gasteiger partial charge in [0.25, 0.3) is 0 Å². The lowest BCUT2D eigenvalue weighted by Crippen LogP contribution is -2.48. The molecule has 6 heteroatoms. The minimum atomic E-state index is -0.277. The Morgan fingerprint density at radius 3 is 2.04 bits per heavy atom. The van der Waals surface area contributed by atoms with Crippen LogP contribution in [0.3, 0.4) is 0 Å². The second-order valence-electron chi connectivity index (χ2n) is 6.34. The SMILES string of the molecule is CCOCCN(CC(=O)N(C(C)C)C(C)C)C[C@@H](C)C(=O)OC. The van der Waals surface area contributed by atoms with E-state index >= 15 is 0 Å². The van der Waals surface area contributed by atoms with Crippen molar-refractivity contribution in [3.05, 3.63) is 0 Å². The molecule has 0 aromatic carbocycles. The molecule has 0 aliphatic carbocycles. The van der Waals surface area contributed by atoms with E-state index in [1.54, 1.807) is 0 Å². The van der Waals surface area contributed by atoms with Gasteiger partial charge >= 0.3 is 5.97 Å². The molecule has 136 valence electrons. The van der Waals surface area contributed by atoms with Gasteiger partial charge in [0.05, 0.1) is 26.2 Å². The zero-order valence-corrected chi connectivity index (χ0v) is 15.8. The zero-order chi connectivity index (χ0) is 18.0. The van der Waals surface area contributed by atoms with Crippen molar-refractivity contribution in [2.24, 2.45) is 5.92 Å². The largest absolute Gasteiger partial charge is 0.469 e. The number of methoxy groups -OCH3 is 1. The molecule has 0 saturated carbocycles. The van der Waals surface area contributed by atoms with Crippen LogP contribution in [0.4, 0.5) is 0 Å². The summed E-state index contributed by atoms with van der Waals surface area (Å²) in [5.74, 6) is -0.465. The Balaban J connectivity index is 4.84. The van der Waals surface area contributed by atoms with Gasteiger partial charge in [-0.15, -0.1) is 0 Å². The summed E-state index contributed by atoms with van der Waals surface area (Å²) in [5.41, 5.74) is 0. The standard InChI is InChI=1S/C17H34N2O4/c1-8-23-10-9-18(11-15(6)17(21)22-7)12-16(20)19(13(2)3)14(4)5/h13-15H,8-12H2,1-7H3/t15-/m1/s1. The summed E-state index contributed by atoms with van der Waals surface area (Å²) in [4.78, 5) is 28.1. The van der Waals surface area contributed by atoms with Gasteiger partial charge in [0.2, 0.25) is 5.91 Å². The number of hydrogen-bond acceptors (Lipinski definition) is 5. The van der Waals surface area contributed by atoms with Crippen LogP contribution in [-0.4, -0.2) is 73.7 Å². The van der Waals surface area contributed by atoms with Crippen molar-refractivity contribution < 1.29 is 19.1 Å². The van der Waals surface area contributed by atoms with Gasteiger partial charge in [-0.25, -0.2) is 0 Å². The number of esters is 1. The van der Waals surface area contributed by atoms with Crippen LogP contribution in [0.25, 0.3) is 0 Å². The molecule has 0 rings (SSSR count). The molecule has 23 heavy (non-hydrogen) atoms. The van der Waals surface area contributed by atoms with E-state index in [9.17, 15) is 9.59 Å². The molecular weight excluding hydrogens is 296 g/mol. The molecule has 0 heterocycles. The van der Waals surface area contributed by atoms with E-state index < -0.39 is 0 Å². The highest BCUT2D eigenvalue weighted by Crippen LogP contribution is 2.09. The number of ether oxygens (including phenoxy) is 2. The van der Waals surface area contributed by atoms with Gasteiger partial charge in [-0.1, -0.05) is 6.92 Å². The predicted octanol–water partition coefficient (Wildman–Crippen LogP) is 1.78. The predicted molar refractivity (Wildman–Crippen MR) is 91.2 cm³/mol. The third-order valence-corrected chi connectivity index (χ3v) is 3.65. The number of carbonyl (C=O) groups excluding carboxylic acids is 2. The first-order valence-corrected chi connectivity index (χ1v) is 8.43. The summed E-state index contributed by atoms with van der Waals surface area (Å²) in [5, 5.41) is 0. The average Bonchev–Trinajstić information content (AvgIpc) is 2.45. The van der Waals surface area contributed by atoms with Gasteiger partial charge in [-0.3, -0.25) is 14.5 Å². The fourth-order valence-electron chi connectivity index (χ4n) is 2.68. The van der Waals surface area contributed by atoms with Gasteiger partial charge in [0.15, 0.2) is 0 Å². The maximum absolute atomic E-state index is 12.6. The van der Waals surface area contributed by atoms with E-state index in [1.807, 2.05) is 51.3 Å². The molecule has 0 aliphatic heterocycles. The van der Waals surface area contributed by atoms with Crippen molar-refractivity contribution in [3.8, 4) is 0 Å². The molecule has 0 aliphatic rings. The quantitative estimate of drug-likeness (QED) is 0.427. The van der Waals surface area contributed by atoms with Crippen molar-refractivity contribution in [2.45, 2.75) is 53.6 Å². The van der Waals surface area contributed by atoms with Crippen molar-refractivity contribution >= 4 is 11.9 Å². The lowest BCUT2D eigenvalue weighted by molar-refractivity contribution is -0.146. The second-order valence-corrected chi connectivity index (χ2v) is 6.34. The van der Waals surface area contributed by atoms with Crippen molar-refractivity contribution in [1.82, 2.24) is 9.80 Å². The lowest BCUT2D eigenvalue weighted by Gasteiger charge is -2.33. The summed E-state index contributed by atoms with van der Waals surface area (Å²) in [6, 6.07) is 0.295. The molecule has 1 atom stereocenters. The fraction of sp³-hybridized carbons (Fsp3) is 0.882. The molecule has 0 saturated heterocycles. The number of hydrogen-bond donors (Lipinski definition) is 0. The van der Waals surface area contributed by atoms with Crippen molar-refractivity contribution in [3.63, 3.8) is 0 Å². The van der Waals surface area contributed by atoms with Gasteiger partial charge in [-0.2, -0.15) is 0 Å². The topological polar surface area (TPSA) is 59.1 Å². The Labute approximate surface area is 141 Å². The number of carbonyl (C=O) groups is 2. The highest BCUT2D eigenvalue weighted by molar-refractivity contribution is 5.79. The highest BCUT2D eigenvalue weighted by atomic mass is 16.5. The molecule has 0 aromatic heterocycles. The van der Waals surface area contributed by atoms with E-state index in [0.717, 1.165) is 0 Å². The normalized spacial score (nSPS) is 12.8. The molecule has 6 nitrogen and oxygen atoms in total. The second kappa shape index (κ2) is 11.4. The molecule has 0 bridgehead atoms.